The first-order valence-corrected chi connectivity index (χ1v) is 10.8. The Labute approximate surface area is 182 Å². The van der Waals surface area contributed by atoms with Crippen LogP contribution in [0.4, 0.5) is 0 Å². The second-order valence-electron chi connectivity index (χ2n) is 7.99. The quantitative estimate of drug-likeness (QED) is 0.395. The van der Waals surface area contributed by atoms with Gasteiger partial charge >= 0.3 is 5.97 Å². The van der Waals surface area contributed by atoms with Gasteiger partial charge in [-0.3, -0.25) is 9.59 Å². The van der Waals surface area contributed by atoms with Crippen molar-refractivity contribution < 1.29 is 23.9 Å². The van der Waals surface area contributed by atoms with Crippen molar-refractivity contribution in [2.45, 2.75) is 52.5 Å². The molecule has 1 aromatic heterocycles. The maximum atomic E-state index is 13.2. The van der Waals surface area contributed by atoms with E-state index in [9.17, 15) is 14.4 Å². The predicted octanol–water partition coefficient (Wildman–Crippen LogP) is 4.05. The molecule has 31 heavy (non-hydrogen) atoms. The van der Waals surface area contributed by atoms with E-state index in [0.29, 0.717) is 28.5 Å². The molecule has 2 aromatic rings. The lowest BCUT2D eigenvalue weighted by atomic mass is 9.86. The first-order valence-electron chi connectivity index (χ1n) is 10.8. The minimum absolute atomic E-state index is 0.0183. The lowest BCUT2D eigenvalue weighted by molar-refractivity contribution is -0.118. The van der Waals surface area contributed by atoms with Gasteiger partial charge in [0.05, 0.1) is 19.3 Å². The number of carbonyl (C=O) groups is 3. The minimum Gasteiger partial charge on any atom is -0.497 e. The zero-order valence-electron chi connectivity index (χ0n) is 18.5. The Morgan fingerprint density at radius 2 is 1.81 bits per heavy atom. The molecule has 0 saturated heterocycles. The lowest BCUT2D eigenvalue weighted by Gasteiger charge is -2.29. The van der Waals surface area contributed by atoms with Crippen LogP contribution in [0.5, 0.6) is 5.75 Å². The van der Waals surface area contributed by atoms with Gasteiger partial charge < -0.3 is 19.8 Å². The summed E-state index contributed by atoms with van der Waals surface area (Å²) in [4.78, 5) is 41.6. The van der Waals surface area contributed by atoms with Gasteiger partial charge in [0.1, 0.15) is 11.4 Å². The maximum absolute atomic E-state index is 13.2. The molecule has 1 aromatic carbocycles. The number of H-pyrrole nitrogens is 1. The molecule has 0 unspecified atom stereocenters. The second-order valence-corrected chi connectivity index (χ2v) is 7.99. The molecule has 1 fully saturated rings. The number of aromatic amines is 1. The van der Waals surface area contributed by atoms with E-state index in [0.717, 1.165) is 25.7 Å². The molecule has 166 valence electrons. The number of esters is 1. The number of ether oxygens (including phenoxy) is 2. The van der Waals surface area contributed by atoms with Gasteiger partial charge in [0.2, 0.25) is 0 Å². The van der Waals surface area contributed by atoms with Gasteiger partial charge in [-0.05, 0) is 50.3 Å². The van der Waals surface area contributed by atoms with E-state index in [-0.39, 0.29) is 23.9 Å². The Morgan fingerprint density at radius 1 is 1.13 bits per heavy atom. The fourth-order valence-corrected chi connectivity index (χ4v) is 4.18. The summed E-state index contributed by atoms with van der Waals surface area (Å²) in [5.74, 6) is -0.924. The van der Waals surface area contributed by atoms with Crippen LogP contribution in [-0.2, 0) is 9.53 Å². The molecular formula is C24H30N2O5. The van der Waals surface area contributed by atoms with E-state index >= 15 is 0 Å². The summed E-state index contributed by atoms with van der Waals surface area (Å²) in [6.07, 6.45) is 4.07. The highest BCUT2D eigenvalue weighted by molar-refractivity contribution is 6.44. The fourth-order valence-electron chi connectivity index (χ4n) is 4.18. The van der Waals surface area contributed by atoms with Crippen LogP contribution in [0.3, 0.4) is 0 Å². The van der Waals surface area contributed by atoms with Gasteiger partial charge in [-0.1, -0.05) is 31.9 Å². The zero-order valence-corrected chi connectivity index (χ0v) is 18.5. The zero-order chi connectivity index (χ0) is 22.5. The highest BCUT2D eigenvalue weighted by atomic mass is 16.5. The third-order valence-electron chi connectivity index (χ3n) is 5.91. The van der Waals surface area contributed by atoms with Gasteiger partial charge in [0.15, 0.2) is 0 Å². The molecule has 7 heteroatoms. The number of nitrogens with one attached hydrogen (secondary N) is 2. The van der Waals surface area contributed by atoms with Crippen molar-refractivity contribution >= 4 is 17.7 Å². The van der Waals surface area contributed by atoms with Crippen molar-refractivity contribution in [3.05, 3.63) is 41.2 Å². The van der Waals surface area contributed by atoms with E-state index < -0.39 is 17.7 Å². The molecule has 0 spiro atoms. The third kappa shape index (κ3) is 4.81. The summed E-state index contributed by atoms with van der Waals surface area (Å²) >= 11 is 0. The highest BCUT2D eigenvalue weighted by Gasteiger charge is 2.32. The number of ketones is 1. The number of hydrogen-bond acceptors (Lipinski definition) is 5. The molecule has 0 aliphatic heterocycles. The number of methoxy groups -OCH3 is 1. The lowest BCUT2D eigenvalue weighted by Crippen LogP contribution is -2.44. The normalized spacial score (nSPS) is 18.3. The number of hydrogen-bond donors (Lipinski definition) is 2. The van der Waals surface area contributed by atoms with Crippen LogP contribution in [-0.4, -0.2) is 42.4 Å². The van der Waals surface area contributed by atoms with Crippen LogP contribution in [0, 0.1) is 12.8 Å². The number of Topliss-reactive ketones (excluding diaryl/α,β-unsaturated/α-hetero) is 1. The van der Waals surface area contributed by atoms with Crippen molar-refractivity contribution in [2.24, 2.45) is 5.92 Å². The van der Waals surface area contributed by atoms with Crippen molar-refractivity contribution in [3.8, 4) is 16.9 Å². The number of benzene rings is 1. The summed E-state index contributed by atoms with van der Waals surface area (Å²) in [5, 5.41) is 2.90. The summed E-state index contributed by atoms with van der Waals surface area (Å²) < 4.78 is 10.4. The molecule has 1 aliphatic carbocycles. The first-order chi connectivity index (χ1) is 14.9. The number of carbonyl (C=O) groups excluding carboxylic acids is 3. The monoisotopic (exact) mass is 426 g/mol. The molecule has 2 N–H and O–H groups in total. The standard InChI is InChI=1S/C24H30N2O5/c1-5-31-24(29)19-15(3)25-21(20(19)16-10-12-17(30-4)13-11-16)22(27)23(28)26-18-9-7-6-8-14(18)2/h10-14,18,25H,5-9H2,1-4H3,(H,26,28)/t14-,18+/m1/s1. The third-order valence-corrected chi connectivity index (χ3v) is 5.91. The molecule has 1 aliphatic rings. The minimum atomic E-state index is -0.692. The van der Waals surface area contributed by atoms with Crippen LogP contribution < -0.4 is 10.1 Å². The largest absolute Gasteiger partial charge is 0.497 e. The summed E-state index contributed by atoms with van der Waals surface area (Å²) in [6.45, 7) is 5.71. The van der Waals surface area contributed by atoms with Crippen LogP contribution >= 0.6 is 0 Å². The van der Waals surface area contributed by atoms with Gasteiger partial charge in [0.25, 0.3) is 11.7 Å². The molecule has 1 amide bonds. The topological polar surface area (TPSA) is 97.5 Å². The van der Waals surface area contributed by atoms with E-state index in [1.807, 2.05) is 0 Å². The number of rotatable bonds is 7. The Hall–Kier alpha value is -3.09. The maximum Gasteiger partial charge on any atom is 0.340 e. The van der Waals surface area contributed by atoms with E-state index in [1.54, 1.807) is 45.2 Å². The van der Waals surface area contributed by atoms with Crippen LogP contribution in [0.15, 0.2) is 24.3 Å². The fraction of sp³-hybridized carbons (Fsp3) is 0.458. The van der Waals surface area contributed by atoms with Crippen LogP contribution in [0.1, 0.15) is 66.1 Å². The number of amides is 1. The molecule has 1 heterocycles. The highest BCUT2D eigenvalue weighted by Crippen LogP contribution is 2.33. The van der Waals surface area contributed by atoms with Gasteiger partial charge in [0, 0.05) is 17.3 Å². The molecule has 3 rings (SSSR count). The van der Waals surface area contributed by atoms with Crippen molar-refractivity contribution in [2.75, 3.05) is 13.7 Å². The molecule has 7 nitrogen and oxygen atoms in total. The van der Waals surface area contributed by atoms with E-state index in [2.05, 4.69) is 17.2 Å². The smallest absolute Gasteiger partial charge is 0.340 e. The predicted molar refractivity (Wildman–Crippen MR) is 117 cm³/mol. The van der Waals surface area contributed by atoms with Crippen molar-refractivity contribution in [3.63, 3.8) is 0 Å². The molecule has 0 radical (unpaired) electrons. The Bertz CT molecular complexity index is 961. The Balaban J connectivity index is 2.00. The van der Waals surface area contributed by atoms with Gasteiger partial charge in [-0.15, -0.1) is 0 Å². The van der Waals surface area contributed by atoms with Crippen LogP contribution in [0.2, 0.25) is 0 Å². The average Bonchev–Trinajstić information content (AvgIpc) is 3.12. The van der Waals surface area contributed by atoms with E-state index in [1.165, 1.54) is 0 Å². The molecule has 1 saturated carbocycles. The van der Waals surface area contributed by atoms with Crippen molar-refractivity contribution in [1.29, 1.82) is 0 Å². The Kier molecular flexibility index (Phi) is 7.15. The molecule has 0 bridgehead atoms. The first kappa shape index (κ1) is 22.6. The molecular weight excluding hydrogens is 396 g/mol. The molecule has 2 atom stereocenters. The van der Waals surface area contributed by atoms with E-state index in [4.69, 9.17) is 9.47 Å². The summed E-state index contributed by atoms with van der Waals surface area (Å²) in [7, 11) is 1.56. The number of aryl methyl sites for hydroxylation is 1. The van der Waals surface area contributed by atoms with Gasteiger partial charge in [-0.2, -0.15) is 0 Å². The van der Waals surface area contributed by atoms with Crippen LogP contribution in [0.25, 0.3) is 11.1 Å². The average molecular weight is 427 g/mol. The number of aromatic nitrogens is 1. The van der Waals surface area contributed by atoms with Crippen molar-refractivity contribution in [1.82, 2.24) is 10.3 Å². The summed E-state index contributed by atoms with van der Waals surface area (Å²) in [6, 6.07) is 6.97. The summed E-state index contributed by atoms with van der Waals surface area (Å²) in [5.41, 5.74) is 1.82. The van der Waals surface area contributed by atoms with Gasteiger partial charge in [-0.25, -0.2) is 4.79 Å². The Morgan fingerprint density at radius 3 is 2.42 bits per heavy atom. The second kappa shape index (κ2) is 9.81. The SMILES string of the molecule is CCOC(=O)c1c(C)[nH]c(C(=O)C(=O)N[C@H]2CCCC[C@H]2C)c1-c1ccc(OC)cc1.